The number of aromatic nitrogens is 1. The molecule has 12 heteroatoms. The van der Waals surface area contributed by atoms with Gasteiger partial charge in [-0.2, -0.15) is 0 Å². The molecule has 11 nitrogen and oxygen atoms in total. The minimum Gasteiger partial charge on any atom is -0.461 e. The van der Waals surface area contributed by atoms with Crippen molar-refractivity contribution in [2.75, 3.05) is 20.1 Å². The maximum absolute atomic E-state index is 13.6. The minimum atomic E-state index is -0.674. The van der Waals surface area contributed by atoms with Crippen LogP contribution in [0.4, 0.5) is 0 Å². The standard InChI is InChI=1S/C42H62N6O5S/c1-8-10-21-48(7)25-37(49)47-38(29(5)9-2)40(51)45-35(28(3)4)24-34(43)41-46-36(27-54-41)39(50)44-33(23-31-17-13-11-14-18-31)22-30(6)42(52)53-26-32-19-15-12-16-20-32/h11-20,27-30,33-35,38H,8-10,21-26,43H2,1-7H3,(H,44,50)(H,45,51)(H,47,49). The number of carbonyl (C=O) groups excluding carboxylic acids is 4. The summed E-state index contributed by atoms with van der Waals surface area (Å²) >= 11 is 1.30. The Hall–Kier alpha value is -4.13. The lowest BCUT2D eigenvalue weighted by atomic mass is 9.94. The van der Waals surface area contributed by atoms with Gasteiger partial charge in [0.15, 0.2) is 0 Å². The third-order valence-electron chi connectivity index (χ3n) is 9.76. The highest BCUT2D eigenvalue weighted by molar-refractivity contribution is 7.09. The zero-order chi connectivity index (χ0) is 39.6. The van der Waals surface area contributed by atoms with Crippen LogP contribution in [0.15, 0.2) is 66.0 Å². The number of amides is 3. The van der Waals surface area contributed by atoms with E-state index in [1.165, 1.54) is 11.3 Å². The van der Waals surface area contributed by atoms with Crippen molar-refractivity contribution in [1.82, 2.24) is 25.8 Å². The van der Waals surface area contributed by atoms with Crippen molar-refractivity contribution in [2.45, 2.75) is 111 Å². The smallest absolute Gasteiger partial charge is 0.309 e. The van der Waals surface area contributed by atoms with E-state index in [9.17, 15) is 19.2 Å². The highest BCUT2D eigenvalue weighted by atomic mass is 32.1. The Morgan fingerprint density at radius 3 is 2.15 bits per heavy atom. The van der Waals surface area contributed by atoms with Gasteiger partial charge in [0.25, 0.3) is 5.91 Å². The number of thiazole rings is 1. The quantitative estimate of drug-likeness (QED) is 0.0852. The molecule has 0 saturated carbocycles. The molecule has 54 heavy (non-hydrogen) atoms. The van der Waals surface area contributed by atoms with Crippen LogP contribution in [-0.2, 0) is 32.1 Å². The molecule has 0 radical (unpaired) electrons. The Bertz CT molecular complexity index is 1590. The number of likely N-dealkylation sites (N-methyl/N-ethyl adjacent to an activating group) is 1. The summed E-state index contributed by atoms with van der Waals surface area (Å²) in [7, 11) is 1.91. The van der Waals surface area contributed by atoms with E-state index >= 15 is 0 Å². The minimum absolute atomic E-state index is 0.0521. The number of hydrogen-bond donors (Lipinski definition) is 4. The first kappa shape index (κ1) is 44.3. The number of unbranched alkanes of at least 4 members (excludes halogenated alkanes) is 1. The number of nitrogens with zero attached hydrogens (tertiary/aromatic N) is 2. The van der Waals surface area contributed by atoms with E-state index in [1.54, 1.807) is 5.38 Å². The summed E-state index contributed by atoms with van der Waals surface area (Å²) in [5, 5.41) is 11.5. The first-order valence-electron chi connectivity index (χ1n) is 19.4. The molecule has 1 heterocycles. The van der Waals surface area contributed by atoms with Crippen molar-refractivity contribution < 1.29 is 23.9 Å². The lowest BCUT2D eigenvalue weighted by Crippen LogP contribution is -2.55. The summed E-state index contributed by atoms with van der Waals surface area (Å²) < 4.78 is 5.58. The predicted octanol–water partition coefficient (Wildman–Crippen LogP) is 6.05. The molecular weight excluding hydrogens is 701 g/mol. The van der Waals surface area contributed by atoms with Crippen LogP contribution in [-0.4, -0.2) is 71.8 Å². The van der Waals surface area contributed by atoms with Crippen molar-refractivity contribution >= 4 is 35.0 Å². The molecule has 2 aromatic carbocycles. The Morgan fingerprint density at radius 1 is 0.889 bits per heavy atom. The molecule has 3 rings (SSSR count). The molecule has 0 bridgehead atoms. The van der Waals surface area contributed by atoms with E-state index in [1.807, 2.05) is 107 Å². The number of carbonyl (C=O) groups is 4. The molecule has 0 aliphatic rings. The van der Waals surface area contributed by atoms with Crippen LogP contribution >= 0.6 is 11.3 Å². The molecule has 0 saturated heterocycles. The van der Waals surface area contributed by atoms with Gasteiger partial charge in [-0.1, -0.05) is 115 Å². The fraction of sp³-hybridized carbons (Fsp3) is 0.548. The Morgan fingerprint density at radius 2 is 1.54 bits per heavy atom. The fourth-order valence-corrected chi connectivity index (χ4v) is 6.94. The van der Waals surface area contributed by atoms with Gasteiger partial charge in [-0.05, 0) is 62.2 Å². The average molecular weight is 763 g/mol. The summed E-state index contributed by atoms with van der Waals surface area (Å²) in [4.78, 5) is 59.6. The summed E-state index contributed by atoms with van der Waals surface area (Å²) in [5.74, 6) is -1.55. The van der Waals surface area contributed by atoms with E-state index in [4.69, 9.17) is 10.5 Å². The Balaban J connectivity index is 1.65. The third kappa shape index (κ3) is 14.9. The van der Waals surface area contributed by atoms with Gasteiger partial charge in [-0.3, -0.25) is 24.1 Å². The van der Waals surface area contributed by atoms with E-state index in [0.29, 0.717) is 24.3 Å². The largest absolute Gasteiger partial charge is 0.461 e. The lowest BCUT2D eigenvalue weighted by molar-refractivity contribution is -0.149. The zero-order valence-corrected chi connectivity index (χ0v) is 34.0. The molecular formula is C42H62N6O5S. The van der Waals surface area contributed by atoms with Crippen molar-refractivity contribution in [1.29, 1.82) is 0 Å². The Labute approximate surface area is 326 Å². The maximum Gasteiger partial charge on any atom is 0.309 e. The fourth-order valence-electron chi connectivity index (χ4n) is 6.13. The summed E-state index contributed by atoms with van der Waals surface area (Å²) in [5.41, 5.74) is 8.86. The molecule has 3 aromatic rings. The van der Waals surface area contributed by atoms with Crippen LogP contribution in [0.3, 0.4) is 0 Å². The van der Waals surface area contributed by atoms with E-state index in [0.717, 1.165) is 36.9 Å². The molecule has 0 aliphatic heterocycles. The second kappa shape index (κ2) is 22.9. The first-order chi connectivity index (χ1) is 25.8. The monoisotopic (exact) mass is 762 g/mol. The number of benzene rings is 2. The van der Waals surface area contributed by atoms with Crippen molar-refractivity contribution in [3.8, 4) is 0 Å². The van der Waals surface area contributed by atoms with Gasteiger partial charge < -0.3 is 26.4 Å². The van der Waals surface area contributed by atoms with Gasteiger partial charge in [-0.15, -0.1) is 11.3 Å². The van der Waals surface area contributed by atoms with Crippen LogP contribution in [0.1, 0.15) is 106 Å². The Kier molecular flexibility index (Phi) is 18.8. The second-order valence-corrected chi connectivity index (χ2v) is 15.8. The van der Waals surface area contributed by atoms with E-state index in [2.05, 4.69) is 27.9 Å². The van der Waals surface area contributed by atoms with Gasteiger partial charge >= 0.3 is 5.97 Å². The predicted molar refractivity (Wildman–Crippen MR) is 216 cm³/mol. The third-order valence-corrected chi connectivity index (χ3v) is 10.7. The highest BCUT2D eigenvalue weighted by Crippen LogP contribution is 2.24. The summed E-state index contributed by atoms with van der Waals surface area (Å²) in [6, 6.07) is 17.5. The number of rotatable bonds is 23. The maximum atomic E-state index is 13.6. The van der Waals surface area contributed by atoms with Crippen molar-refractivity contribution in [3.63, 3.8) is 0 Å². The molecule has 0 spiro atoms. The molecule has 0 fully saturated rings. The molecule has 5 N–H and O–H groups in total. The number of esters is 1. The second-order valence-electron chi connectivity index (χ2n) is 14.9. The van der Waals surface area contributed by atoms with Gasteiger partial charge in [-0.25, -0.2) is 4.98 Å². The number of ether oxygens (including phenoxy) is 1. The van der Waals surface area contributed by atoms with Gasteiger partial charge in [0, 0.05) is 17.5 Å². The highest BCUT2D eigenvalue weighted by Gasteiger charge is 2.30. The van der Waals surface area contributed by atoms with Gasteiger partial charge in [0.2, 0.25) is 11.8 Å². The van der Waals surface area contributed by atoms with Crippen molar-refractivity contribution in [2.24, 2.45) is 23.5 Å². The summed E-state index contributed by atoms with van der Waals surface area (Å²) in [6.45, 7) is 13.2. The lowest BCUT2D eigenvalue weighted by Gasteiger charge is -2.30. The molecule has 6 unspecified atom stereocenters. The SMILES string of the molecule is CCCCN(C)CC(=O)NC(C(=O)NC(CC(N)c1nc(C(=O)NC(Cc2ccccc2)CC(C)C(=O)OCc2ccccc2)cs1)C(C)C)C(C)CC. The van der Waals surface area contributed by atoms with Crippen molar-refractivity contribution in [3.05, 3.63) is 87.9 Å². The number of nitrogens with one attached hydrogen (secondary N) is 3. The van der Waals surface area contributed by atoms with E-state index in [-0.39, 0.29) is 66.5 Å². The first-order valence-corrected chi connectivity index (χ1v) is 20.2. The van der Waals surface area contributed by atoms with E-state index < -0.39 is 18.0 Å². The molecule has 0 aliphatic carbocycles. The van der Waals surface area contributed by atoms with Crippen LogP contribution in [0.25, 0.3) is 0 Å². The van der Waals surface area contributed by atoms with Crippen LogP contribution in [0.2, 0.25) is 0 Å². The van der Waals surface area contributed by atoms with Gasteiger partial charge in [0.1, 0.15) is 23.4 Å². The van der Waals surface area contributed by atoms with Gasteiger partial charge in [0.05, 0.1) is 18.5 Å². The molecule has 3 amide bonds. The number of nitrogens with two attached hydrogens (primary N) is 1. The molecule has 296 valence electrons. The van der Waals surface area contributed by atoms with Crippen LogP contribution in [0.5, 0.6) is 0 Å². The normalized spacial score (nSPS) is 14.8. The topological polar surface area (TPSA) is 156 Å². The summed E-state index contributed by atoms with van der Waals surface area (Å²) in [6.07, 6.45) is 4.09. The molecule has 1 aromatic heterocycles. The molecule has 6 atom stereocenters. The average Bonchev–Trinajstić information content (AvgIpc) is 3.66. The van der Waals surface area contributed by atoms with Crippen LogP contribution < -0.4 is 21.7 Å². The number of hydrogen-bond acceptors (Lipinski definition) is 9. The van der Waals surface area contributed by atoms with Crippen LogP contribution in [0, 0.1) is 17.8 Å². The zero-order valence-electron chi connectivity index (χ0n) is 33.2.